The van der Waals surface area contributed by atoms with Crippen LogP contribution in [0, 0.1) is 0 Å². The average Bonchev–Trinajstić information content (AvgIpc) is 2.67. The molecule has 130 valence electrons. The Morgan fingerprint density at radius 3 is 2.76 bits per heavy atom. The molecule has 1 heterocycles. The van der Waals surface area contributed by atoms with Crippen molar-refractivity contribution in [2.75, 3.05) is 20.3 Å². The SMILES string of the molecule is COCCNC(=S)N/N=C1/C[C@H](c2ccccc2)Oc2ccccc21. The zero-order chi connectivity index (χ0) is 17.5. The highest BCUT2D eigenvalue weighted by Crippen LogP contribution is 2.34. The van der Waals surface area contributed by atoms with Gasteiger partial charge in [-0.05, 0) is 29.9 Å². The number of thiocarbonyl (C=S) groups is 1. The van der Waals surface area contributed by atoms with E-state index < -0.39 is 0 Å². The summed E-state index contributed by atoms with van der Waals surface area (Å²) in [6.45, 7) is 1.23. The number of hydrazone groups is 1. The van der Waals surface area contributed by atoms with Gasteiger partial charge in [-0.3, -0.25) is 5.43 Å². The van der Waals surface area contributed by atoms with Crippen molar-refractivity contribution >= 4 is 23.0 Å². The molecule has 0 fully saturated rings. The molecule has 1 aliphatic rings. The maximum atomic E-state index is 6.16. The molecular weight excluding hydrogens is 334 g/mol. The standard InChI is InChI=1S/C19H21N3O2S/c1-23-12-11-20-19(25)22-21-16-13-18(14-7-3-2-4-8-14)24-17-10-6-5-9-15(16)17/h2-10,18H,11-13H2,1H3,(H2,20,22,25)/b21-16-/t18-/m1/s1. The molecule has 0 radical (unpaired) electrons. The van der Waals surface area contributed by atoms with E-state index in [1.54, 1.807) is 7.11 Å². The summed E-state index contributed by atoms with van der Waals surface area (Å²) < 4.78 is 11.2. The van der Waals surface area contributed by atoms with Gasteiger partial charge in [-0.25, -0.2) is 0 Å². The second kappa shape index (κ2) is 8.60. The zero-order valence-electron chi connectivity index (χ0n) is 14.1. The van der Waals surface area contributed by atoms with Gasteiger partial charge in [0.25, 0.3) is 0 Å². The van der Waals surface area contributed by atoms with Crippen LogP contribution in [0.5, 0.6) is 5.75 Å². The summed E-state index contributed by atoms with van der Waals surface area (Å²) in [4.78, 5) is 0. The number of benzene rings is 2. The van der Waals surface area contributed by atoms with E-state index in [0.29, 0.717) is 24.7 Å². The number of hydrogen-bond acceptors (Lipinski definition) is 4. The van der Waals surface area contributed by atoms with Crippen LogP contribution in [0.2, 0.25) is 0 Å². The van der Waals surface area contributed by atoms with Gasteiger partial charge in [0.1, 0.15) is 11.9 Å². The third kappa shape index (κ3) is 4.55. The summed E-state index contributed by atoms with van der Waals surface area (Å²) in [6, 6.07) is 18.1. The highest BCUT2D eigenvalue weighted by atomic mass is 32.1. The van der Waals surface area contributed by atoms with Gasteiger partial charge in [-0.2, -0.15) is 5.10 Å². The van der Waals surface area contributed by atoms with Crippen LogP contribution in [-0.4, -0.2) is 31.1 Å². The molecule has 0 aromatic heterocycles. The van der Waals surface area contributed by atoms with Gasteiger partial charge in [0.15, 0.2) is 5.11 Å². The summed E-state index contributed by atoms with van der Waals surface area (Å²) in [7, 11) is 1.65. The van der Waals surface area contributed by atoms with Gasteiger partial charge in [0.05, 0.1) is 12.3 Å². The van der Waals surface area contributed by atoms with Crippen molar-refractivity contribution in [3.63, 3.8) is 0 Å². The predicted octanol–water partition coefficient (Wildman–Crippen LogP) is 3.03. The quantitative estimate of drug-likeness (QED) is 0.491. The Labute approximate surface area is 153 Å². The van der Waals surface area contributed by atoms with E-state index in [1.165, 1.54) is 0 Å². The molecule has 0 saturated carbocycles. The second-order valence-corrected chi connectivity index (χ2v) is 6.04. The van der Waals surface area contributed by atoms with E-state index in [2.05, 4.69) is 28.0 Å². The second-order valence-electron chi connectivity index (χ2n) is 5.64. The highest BCUT2D eigenvalue weighted by Gasteiger charge is 2.26. The van der Waals surface area contributed by atoms with Crippen molar-refractivity contribution in [1.82, 2.24) is 10.7 Å². The lowest BCUT2D eigenvalue weighted by Gasteiger charge is -2.27. The molecule has 0 aliphatic carbocycles. The molecular formula is C19H21N3O2S. The summed E-state index contributed by atoms with van der Waals surface area (Å²) >= 11 is 5.24. The van der Waals surface area contributed by atoms with Crippen molar-refractivity contribution in [3.05, 3.63) is 65.7 Å². The first-order valence-electron chi connectivity index (χ1n) is 8.18. The molecule has 0 unspecified atom stereocenters. The Morgan fingerprint density at radius 2 is 1.96 bits per heavy atom. The third-order valence-electron chi connectivity index (χ3n) is 3.90. The van der Waals surface area contributed by atoms with Crippen LogP contribution in [-0.2, 0) is 4.74 Å². The van der Waals surface area contributed by atoms with E-state index >= 15 is 0 Å². The van der Waals surface area contributed by atoms with Gasteiger partial charge in [0, 0.05) is 25.6 Å². The number of nitrogens with one attached hydrogen (secondary N) is 2. The largest absolute Gasteiger partial charge is 0.485 e. The molecule has 6 heteroatoms. The molecule has 0 bridgehead atoms. The van der Waals surface area contributed by atoms with Gasteiger partial charge in [-0.1, -0.05) is 42.5 Å². The lowest BCUT2D eigenvalue weighted by molar-refractivity contribution is 0.204. The van der Waals surface area contributed by atoms with Crippen molar-refractivity contribution in [2.24, 2.45) is 5.10 Å². The lowest BCUT2D eigenvalue weighted by Crippen LogP contribution is -2.35. The molecule has 5 nitrogen and oxygen atoms in total. The Kier molecular flexibility index (Phi) is 5.98. The number of nitrogens with zero attached hydrogens (tertiary/aromatic N) is 1. The van der Waals surface area contributed by atoms with Crippen LogP contribution >= 0.6 is 12.2 Å². The van der Waals surface area contributed by atoms with Gasteiger partial charge in [-0.15, -0.1) is 0 Å². The molecule has 2 aromatic rings. The number of ether oxygens (including phenoxy) is 2. The van der Waals surface area contributed by atoms with Crippen LogP contribution in [0.1, 0.15) is 23.7 Å². The predicted molar refractivity (Wildman–Crippen MR) is 103 cm³/mol. The van der Waals surface area contributed by atoms with Crippen molar-refractivity contribution in [1.29, 1.82) is 0 Å². The van der Waals surface area contributed by atoms with Gasteiger partial charge in [0.2, 0.25) is 0 Å². The lowest BCUT2D eigenvalue weighted by atomic mass is 9.96. The van der Waals surface area contributed by atoms with E-state index in [9.17, 15) is 0 Å². The Bertz CT molecular complexity index is 749. The fourth-order valence-electron chi connectivity index (χ4n) is 2.67. The van der Waals surface area contributed by atoms with Gasteiger partial charge >= 0.3 is 0 Å². The van der Waals surface area contributed by atoms with Crippen LogP contribution in [0.25, 0.3) is 0 Å². The number of rotatable bonds is 5. The molecule has 1 atom stereocenters. The summed E-state index contributed by atoms with van der Waals surface area (Å²) in [5.41, 5.74) is 5.96. The molecule has 3 rings (SSSR count). The minimum Gasteiger partial charge on any atom is -0.485 e. The number of hydrogen-bond donors (Lipinski definition) is 2. The molecule has 0 saturated heterocycles. The van der Waals surface area contributed by atoms with Crippen molar-refractivity contribution in [2.45, 2.75) is 12.5 Å². The summed E-state index contributed by atoms with van der Waals surface area (Å²) in [6.07, 6.45) is 0.612. The van der Waals surface area contributed by atoms with E-state index in [4.69, 9.17) is 21.7 Å². The van der Waals surface area contributed by atoms with Crippen LogP contribution in [0.4, 0.5) is 0 Å². The number of fused-ring (bicyclic) bond motifs is 1. The normalized spacial score (nSPS) is 17.5. The van der Waals surface area contributed by atoms with E-state index in [1.807, 2.05) is 42.5 Å². The molecule has 0 amide bonds. The van der Waals surface area contributed by atoms with Crippen LogP contribution < -0.4 is 15.5 Å². The fourth-order valence-corrected chi connectivity index (χ4v) is 2.82. The molecule has 0 spiro atoms. The van der Waals surface area contributed by atoms with Crippen molar-refractivity contribution in [3.8, 4) is 5.75 Å². The maximum absolute atomic E-state index is 6.16. The summed E-state index contributed by atoms with van der Waals surface area (Å²) in [5, 5.41) is 8.04. The van der Waals surface area contributed by atoms with Gasteiger partial charge < -0.3 is 14.8 Å². The number of methoxy groups -OCH3 is 1. The zero-order valence-corrected chi connectivity index (χ0v) is 14.9. The Balaban J connectivity index is 1.77. The first-order chi connectivity index (χ1) is 12.3. The smallest absolute Gasteiger partial charge is 0.187 e. The minimum absolute atomic E-state index is 0.0633. The monoisotopic (exact) mass is 355 g/mol. The van der Waals surface area contributed by atoms with Crippen LogP contribution in [0.3, 0.4) is 0 Å². The fraction of sp³-hybridized carbons (Fsp3) is 0.263. The summed E-state index contributed by atoms with van der Waals surface area (Å²) in [5.74, 6) is 0.835. The van der Waals surface area contributed by atoms with E-state index in [0.717, 1.165) is 22.6 Å². The molecule has 2 aromatic carbocycles. The minimum atomic E-state index is -0.0633. The van der Waals surface area contributed by atoms with Crippen molar-refractivity contribution < 1.29 is 9.47 Å². The third-order valence-corrected chi connectivity index (χ3v) is 4.14. The molecule has 2 N–H and O–H groups in total. The molecule has 25 heavy (non-hydrogen) atoms. The molecule has 1 aliphatic heterocycles. The van der Waals surface area contributed by atoms with E-state index in [-0.39, 0.29) is 6.10 Å². The highest BCUT2D eigenvalue weighted by molar-refractivity contribution is 7.80. The first kappa shape index (κ1) is 17.4. The average molecular weight is 355 g/mol. The van der Waals surface area contributed by atoms with Crippen LogP contribution in [0.15, 0.2) is 59.7 Å². The number of para-hydroxylation sites is 1. The Hall–Kier alpha value is -2.44. The first-order valence-corrected chi connectivity index (χ1v) is 8.59. The maximum Gasteiger partial charge on any atom is 0.187 e. The Morgan fingerprint density at radius 1 is 1.20 bits per heavy atom. The topological polar surface area (TPSA) is 54.9 Å².